The molecule has 2 nitrogen and oxygen atoms in total. The predicted molar refractivity (Wildman–Crippen MR) is 110 cm³/mol. The molecule has 0 radical (unpaired) electrons. The monoisotopic (exact) mass is 348 g/mol. The Bertz CT molecular complexity index is 424. The molecule has 25 heavy (non-hydrogen) atoms. The van der Waals surface area contributed by atoms with Gasteiger partial charge in [-0.15, -0.1) is 0 Å². The molecular weight excluding hydrogens is 306 g/mol. The first-order chi connectivity index (χ1) is 12.1. The van der Waals surface area contributed by atoms with Crippen molar-refractivity contribution in [2.24, 2.45) is 0 Å². The van der Waals surface area contributed by atoms with Gasteiger partial charge in [0.05, 0.1) is 20.7 Å². The van der Waals surface area contributed by atoms with Crippen LogP contribution in [0.25, 0.3) is 0 Å². The topological polar surface area (TPSA) is 20.2 Å². The van der Waals surface area contributed by atoms with Gasteiger partial charge in [-0.25, -0.2) is 0 Å². The van der Waals surface area contributed by atoms with Gasteiger partial charge in [0.1, 0.15) is 13.1 Å². The minimum Gasteiger partial charge on any atom is -0.391 e. The summed E-state index contributed by atoms with van der Waals surface area (Å²) in [6, 6.07) is 9.12. The molecule has 0 unspecified atom stereocenters. The van der Waals surface area contributed by atoms with E-state index in [1.807, 2.05) is 0 Å². The minimum atomic E-state index is 0.254. The molecule has 1 N–H and O–H groups in total. The predicted octanol–water partition coefficient (Wildman–Crippen LogP) is 5.72. The zero-order valence-electron chi connectivity index (χ0n) is 17.1. The standard InChI is InChI=1S/C23H42NO/c1-4-5-6-7-8-9-10-11-12-13-14-22-15-17-23(18-16-22)21-24(2,3)19-20-25/h15-18,25H,4-14,19-21H2,1-3H3/q+1. The number of aliphatic hydroxyl groups is 1. The molecule has 1 aromatic rings. The van der Waals surface area contributed by atoms with Gasteiger partial charge in [-0.2, -0.15) is 0 Å². The van der Waals surface area contributed by atoms with Gasteiger partial charge in [-0.1, -0.05) is 89.0 Å². The van der Waals surface area contributed by atoms with Crippen molar-refractivity contribution in [1.29, 1.82) is 0 Å². The van der Waals surface area contributed by atoms with E-state index in [9.17, 15) is 0 Å². The van der Waals surface area contributed by atoms with Gasteiger partial charge in [0.25, 0.3) is 0 Å². The van der Waals surface area contributed by atoms with Crippen LogP contribution in [-0.2, 0) is 13.0 Å². The van der Waals surface area contributed by atoms with Crippen LogP contribution in [0.1, 0.15) is 82.3 Å². The molecule has 144 valence electrons. The van der Waals surface area contributed by atoms with E-state index in [1.54, 1.807) is 0 Å². The third-order valence-electron chi connectivity index (χ3n) is 5.16. The Morgan fingerprint density at radius 3 is 1.72 bits per heavy atom. The first-order valence-electron chi connectivity index (χ1n) is 10.6. The molecule has 0 aliphatic carbocycles. The molecule has 0 aliphatic rings. The summed E-state index contributed by atoms with van der Waals surface area (Å²) in [7, 11) is 4.35. The molecule has 0 amide bonds. The van der Waals surface area contributed by atoms with Crippen molar-refractivity contribution in [3.63, 3.8) is 0 Å². The largest absolute Gasteiger partial charge is 0.391 e. The van der Waals surface area contributed by atoms with Gasteiger partial charge < -0.3 is 9.59 Å². The van der Waals surface area contributed by atoms with Crippen molar-refractivity contribution in [1.82, 2.24) is 0 Å². The van der Waals surface area contributed by atoms with Gasteiger partial charge in [0.15, 0.2) is 0 Å². The summed E-state index contributed by atoms with van der Waals surface area (Å²) in [6.07, 6.45) is 15.2. The van der Waals surface area contributed by atoms with Crippen LogP contribution in [0.2, 0.25) is 0 Å². The number of hydrogen-bond donors (Lipinski definition) is 1. The number of aliphatic hydroxyl groups excluding tert-OH is 1. The smallest absolute Gasteiger partial charge is 0.104 e. The molecule has 0 saturated carbocycles. The summed E-state index contributed by atoms with van der Waals surface area (Å²) in [4.78, 5) is 0. The maximum atomic E-state index is 9.13. The summed E-state index contributed by atoms with van der Waals surface area (Å²) in [5.74, 6) is 0. The lowest BCUT2D eigenvalue weighted by Crippen LogP contribution is -2.41. The van der Waals surface area contributed by atoms with E-state index in [-0.39, 0.29) is 6.61 Å². The number of likely N-dealkylation sites (N-methyl/N-ethyl adjacent to an activating group) is 1. The van der Waals surface area contributed by atoms with E-state index in [4.69, 9.17) is 5.11 Å². The third kappa shape index (κ3) is 11.4. The van der Waals surface area contributed by atoms with Crippen molar-refractivity contribution in [3.05, 3.63) is 35.4 Å². The molecular formula is C23H42NO+. The van der Waals surface area contributed by atoms with Gasteiger partial charge >= 0.3 is 0 Å². The summed E-state index contributed by atoms with van der Waals surface area (Å²) < 4.78 is 0.842. The second-order valence-electron chi connectivity index (χ2n) is 8.29. The first kappa shape index (κ1) is 22.2. The highest BCUT2D eigenvalue weighted by molar-refractivity contribution is 5.22. The van der Waals surface area contributed by atoms with Gasteiger partial charge in [-0.05, 0) is 18.4 Å². The van der Waals surface area contributed by atoms with Crippen molar-refractivity contribution in [2.75, 3.05) is 27.2 Å². The highest BCUT2D eigenvalue weighted by atomic mass is 16.3. The van der Waals surface area contributed by atoms with E-state index in [0.717, 1.165) is 17.6 Å². The normalized spacial score (nSPS) is 11.8. The molecule has 0 spiro atoms. The van der Waals surface area contributed by atoms with Crippen LogP contribution >= 0.6 is 0 Å². The van der Waals surface area contributed by atoms with Crippen LogP contribution in [0, 0.1) is 0 Å². The molecule has 0 bridgehead atoms. The average molecular weight is 349 g/mol. The fraction of sp³-hybridized carbons (Fsp3) is 0.739. The third-order valence-corrected chi connectivity index (χ3v) is 5.16. The second-order valence-corrected chi connectivity index (χ2v) is 8.29. The fourth-order valence-electron chi connectivity index (χ4n) is 3.47. The fourth-order valence-corrected chi connectivity index (χ4v) is 3.47. The summed E-state index contributed by atoms with van der Waals surface area (Å²) in [6.45, 7) is 4.33. The minimum absolute atomic E-state index is 0.254. The van der Waals surface area contributed by atoms with Crippen LogP contribution in [0.15, 0.2) is 24.3 Å². The first-order valence-corrected chi connectivity index (χ1v) is 10.6. The molecule has 2 heteroatoms. The average Bonchev–Trinajstić information content (AvgIpc) is 2.57. The second kappa shape index (κ2) is 13.4. The molecule has 1 rings (SSSR count). The quantitative estimate of drug-likeness (QED) is 0.317. The van der Waals surface area contributed by atoms with Crippen molar-refractivity contribution in [3.8, 4) is 0 Å². The zero-order valence-corrected chi connectivity index (χ0v) is 17.1. The number of benzene rings is 1. The zero-order chi connectivity index (χ0) is 18.4. The highest BCUT2D eigenvalue weighted by Gasteiger charge is 2.14. The summed E-state index contributed by atoms with van der Waals surface area (Å²) in [5.41, 5.74) is 2.83. The lowest BCUT2D eigenvalue weighted by atomic mass is 10.0. The van der Waals surface area contributed by atoms with E-state index < -0.39 is 0 Å². The van der Waals surface area contributed by atoms with Gasteiger partial charge in [0.2, 0.25) is 0 Å². The van der Waals surface area contributed by atoms with E-state index in [0.29, 0.717) is 0 Å². The molecule has 0 saturated heterocycles. The Morgan fingerprint density at radius 1 is 0.720 bits per heavy atom. The lowest BCUT2D eigenvalue weighted by molar-refractivity contribution is -0.903. The lowest BCUT2D eigenvalue weighted by Gasteiger charge is -2.29. The maximum Gasteiger partial charge on any atom is 0.104 e. The Hall–Kier alpha value is -0.860. The number of hydrogen-bond acceptors (Lipinski definition) is 1. The molecule has 1 aromatic carbocycles. The molecule has 0 fully saturated rings. The number of nitrogens with zero attached hydrogens (tertiary/aromatic N) is 1. The number of unbranched alkanes of at least 4 members (excludes halogenated alkanes) is 9. The van der Waals surface area contributed by atoms with Gasteiger partial charge in [0, 0.05) is 5.56 Å². The maximum absolute atomic E-state index is 9.13. The summed E-state index contributed by atoms with van der Waals surface area (Å²) >= 11 is 0. The number of quaternary nitrogens is 1. The van der Waals surface area contributed by atoms with Crippen LogP contribution < -0.4 is 0 Å². The Balaban J connectivity index is 2.10. The van der Waals surface area contributed by atoms with E-state index in [2.05, 4.69) is 45.3 Å². The van der Waals surface area contributed by atoms with Crippen LogP contribution in [0.3, 0.4) is 0 Å². The molecule has 0 aromatic heterocycles. The van der Waals surface area contributed by atoms with Crippen molar-refractivity contribution in [2.45, 2.75) is 84.1 Å². The number of rotatable bonds is 15. The molecule has 0 atom stereocenters. The Kier molecular flexibility index (Phi) is 11.9. The highest BCUT2D eigenvalue weighted by Crippen LogP contribution is 2.14. The van der Waals surface area contributed by atoms with Gasteiger partial charge in [-0.3, -0.25) is 0 Å². The Labute approximate surface area is 156 Å². The Morgan fingerprint density at radius 2 is 1.20 bits per heavy atom. The van der Waals surface area contributed by atoms with Crippen LogP contribution in [0.5, 0.6) is 0 Å². The van der Waals surface area contributed by atoms with Crippen molar-refractivity contribution < 1.29 is 9.59 Å². The summed E-state index contributed by atoms with van der Waals surface area (Å²) in [5, 5.41) is 9.13. The van der Waals surface area contributed by atoms with Crippen LogP contribution in [0.4, 0.5) is 0 Å². The van der Waals surface area contributed by atoms with Crippen molar-refractivity contribution >= 4 is 0 Å². The molecule has 0 heterocycles. The number of aryl methyl sites for hydroxylation is 1. The SMILES string of the molecule is CCCCCCCCCCCCc1ccc(C[N+](C)(C)CCO)cc1. The van der Waals surface area contributed by atoms with E-state index in [1.165, 1.54) is 81.8 Å². The van der Waals surface area contributed by atoms with Crippen LogP contribution in [-0.4, -0.2) is 36.8 Å². The van der Waals surface area contributed by atoms with E-state index >= 15 is 0 Å². The molecule has 0 aliphatic heterocycles.